The van der Waals surface area contributed by atoms with Crippen LogP contribution in [0.15, 0.2) is 75.8 Å². The number of pyridine rings is 1. The van der Waals surface area contributed by atoms with Crippen molar-refractivity contribution < 1.29 is 9.84 Å². The molecule has 0 spiro atoms. The van der Waals surface area contributed by atoms with Crippen LogP contribution in [-0.2, 0) is 0 Å². The van der Waals surface area contributed by atoms with Crippen LogP contribution in [0.1, 0.15) is 16.5 Å². The number of thiophene rings is 1. The Kier molecular flexibility index (Phi) is 6.39. The maximum atomic E-state index is 13.2. The first-order valence-electron chi connectivity index (χ1n) is 10.2. The summed E-state index contributed by atoms with van der Waals surface area (Å²) < 4.78 is 6.60. The number of aromatic nitrogens is 1. The first-order chi connectivity index (χ1) is 15.5. The minimum absolute atomic E-state index is 0.129. The number of aromatic hydroxyl groups is 1. The van der Waals surface area contributed by atoms with Crippen molar-refractivity contribution in [3.63, 3.8) is 0 Å². The third-order valence-corrected chi connectivity index (χ3v) is 6.38. The van der Waals surface area contributed by atoms with Gasteiger partial charge in [0, 0.05) is 27.9 Å². The molecule has 1 atom stereocenters. The monoisotopic (exact) mass is 447 g/mol. The molecule has 0 bridgehead atoms. The highest BCUT2D eigenvalue weighted by molar-refractivity contribution is 7.10. The van der Waals surface area contributed by atoms with Crippen molar-refractivity contribution in [3.05, 3.63) is 86.8 Å². The molecular weight excluding hydrogens is 422 g/mol. The predicted molar refractivity (Wildman–Crippen MR) is 131 cm³/mol. The number of benzene rings is 2. The quantitative estimate of drug-likeness (QED) is 0.424. The van der Waals surface area contributed by atoms with Gasteiger partial charge in [-0.2, -0.15) is 0 Å². The van der Waals surface area contributed by atoms with Crippen molar-refractivity contribution in [2.24, 2.45) is 4.99 Å². The summed E-state index contributed by atoms with van der Waals surface area (Å²) in [7, 11) is 5.61. The average Bonchev–Trinajstić information content (AvgIpc) is 3.33. The molecule has 32 heavy (non-hydrogen) atoms. The zero-order valence-electron chi connectivity index (χ0n) is 18.2. The fourth-order valence-corrected chi connectivity index (χ4v) is 4.62. The van der Waals surface area contributed by atoms with E-state index in [4.69, 9.17) is 4.74 Å². The predicted octanol–water partition coefficient (Wildman–Crippen LogP) is 4.49. The third-order valence-electron chi connectivity index (χ3n) is 5.41. The lowest BCUT2D eigenvalue weighted by Crippen LogP contribution is -2.22. The molecule has 0 aliphatic carbocycles. The van der Waals surface area contributed by atoms with Crippen molar-refractivity contribution in [1.29, 1.82) is 0 Å². The van der Waals surface area contributed by atoms with E-state index in [2.05, 4.69) is 21.3 Å². The molecule has 7 heteroatoms. The van der Waals surface area contributed by atoms with Gasteiger partial charge in [-0.25, -0.2) is 4.57 Å². The van der Waals surface area contributed by atoms with Crippen LogP contribution in [0, 0.1) is 0 Å². The molecule has 1 N–H and O–H groups in total. The van der Waals surface area contributed by atoms with E-state index < -0.39 is 0 Å². The third kappa shape index (κ3) is 4.17. The van der Waals surface area contributed by atoms with Crippen LogP contribution >= 0.6 is 11.3 Å². The molecule has 2 aromatic heterocycles. The summed E-state index contributed by atoms with van der Waals surface area (Å²) >= 11 is 1.69. The Hall–Kier alpha value is -3.42. The topological polar surface area (TPSA) is 67.1 Å². The standard InChI is InChI=1S/C25H25N3O3S/c1-27(2)22(23-12-7-13-32-23)16-26-15-21-19-10-4-5-11-20(19)24(29)28(25(21)30)17-8-6-9-18(14-17)31-3/h4-15,22,30H,16H2,1-3H3/t22-/m1/s1. The summed E-state index contributed by atoms with van der Waals surface area (Å²) in [4.78, 5) is 21.3. The van der Waals surface area contributed by atoms with Crippen LogP contribution in [0.3, 0.4) is 0 Å². The molecule has 0 aliphatic heterocycles. The maximum Gasteiger partial charge on any atom is 0.265 e. The summed E-state index contributed by atoms with van der Waals surface area (Å²) in [5, 5.41) is 14.4. The van der Waals surface area contributed by atoms with Gasteiger partial charge in [0.05, 0.1) is 30.9 Å². The lowest BCUT2D eigenvalue weighted by molar-refractivity contribution is 0.311. The molecule has 6 nitrogen and oxygen atoms in total. The highest BCUT2D eigenvalue weighted by Crippen LogP contribution is 2.28. The van der Waals surface area contributed by atoms with Crippen LogP contribution in [0.4, 0.5) is 0 Å². The Balaban J connectivity index is 1.82. The maximum absolute atomic E-state index is 13.2. The summed E-state index contributed by atoms with van der Waals surface area (Å²) in [6, 6.07) is 18.6. The molecular formula is C25H25N3O3S. The lowest BCUT2D eigenvalue weighted by Gasteiger charge is -2.21. The average molecular weight is 448 g/mol. The molecule has 2 heterocycles. The number of hydrogen-bond acceptors (Lipinski definition) is 6. The van der Waals surface area contributed by atoms with Gasteiger partial charge in [0.1, 0.15) is 5.75 Å². The number of aliphatic imine (C=N–C) groups is 1. The number of nitrogens with zero attached hydrogens (tertiary/aromatic N) is 3. The fraction of sp³-hybridized carbons (Fsp3) is 0.200. The number of hydrogen-bond donors (Lipinski definition) is 1. The lowest BCUT2D eigenvalue weighted by atomic mass is 10.1. The van der Waals surface area contributed by atoms with Crippen LogP contribution in [0.2, 0.25) is 0 Å². The van der Waals surface area contributed by atoms with E-state index in [1.807, 2.05) is 38.4 Å². The van der Waals surface area contributed by atoms with Crippen LogP contribution in [-0.4, -0.2) is 48.5 Å². The van der Waals surface area contributed by atoms with Crippen LogP contribution in [0.25, 0.3) is 16.5 Å². The van der Waals surface area contributed by atoms with Crippen molar-refractivity contribution in [3.8, 4) is 17.3 Å². The van der Waals surface area contributed by atoms with Gasteiger partial charge < -0.3 is 14.7 Å². The van der Waals surface area contributed by atoms with Crippen molar-refractivity contribution in [2.45, 2.75) is 6.04 Å². The van der Waals surface area contributed by atoms with Gasteiger partial charge >= 0.3 is 0 Å². The number of likely N-dealkylation sites (N-methyl/N-ethyl adjacent to an activating group) is 1. The van der Waals surface area contributed by atoms with Gasteiger partial charge in [-0.05, 0) is 43.7 Å². The summed E-state index contributed by atoms with van der Waals surface area (Å²) in [5.74, 6) is 0.449. The molecule has 0 amide bonds. The van der Waals surface area contributed by atoms with Gasteiger partial charge in [-0.15, -0.1) is 11.3 Å². The molecule has 4 rings (SSSR count). The van der Waals surface area contributed by atoms with E-state index in [-0.39, 0.29) is 17.5 Å². The van der Waals surface area contributed by atoms with Crippen LogP contribution < -0.4 is 10.3 Å². The molecule has 0 fully saturated rings. The zero-order valence-corrected chi connectivity index (χ0v) is 19.0. The molecule has 4 aromatic rings. The van der Waals surface area contributed by atoms with Crippen molar-refractivity contribution in [2.75, 3.05) is 27.7 Å². The Morgan fingerprint density at radius 3 is 2.59 bits per heavy atom. The van der Waals surface area contributed by atoms with Gasteiger partial charge in [0.2, 0.25) is 5.88 Å². The molecule has 0 unspecified atom stereocenters. The van der Waals surface area contributed by atoms with Crippen molar-refractivity contribution >= 4 is 28.3 Å². The SMILES string of the molecule is COc1cccc(-n2c(O)c(C=NC[C@H](c3cccs3)N(C)C)c3ccccc3c2=O)c1. The highest BCUT2D eigenvalue weighted by Gasteiger charge is 2.18. The normalized spacial score (nSPS) is 12.6. The Labute approximate surface area is 190 Å². The number of rotatable bonds is 7. The Bertz CT molecular complexity index is 1310. The number of fused-ring (bicyclic) bond motifs is 1. The largest absolute Gasteiger partial charge is 0.497 e. The second-order valence-electron chi connectivity index (χ2n) is 7.61. The van der Waals surface area contributed by atoms with Gasteiger partial charge in [0.25, 0.3) is 5.56 Å². The second kappa shape index (κ2) is 9.38. The summed E-state index contributed by atoms with van der Waals surface area (Å²) in [6.07, 6.45) is 1.66. The van der Waals surface area contributed by atoms with Crippen LogP contribution in [0.5, 0.6) is 11.6 Å². The number of methoxy groups -OCH3 is 1. The molecule has 0 radical (unpaired) electrons. The van der Waals surface area contributed by atoms with Gasteiger partial charge in [0.15, 0.2) is 0 Å². The molecule has 0 saturated heterocycles. The van der Waals surface area contributed by atoms with Crippen molar-refractivity contribution in [1.82, 2.24) is 9.47 Å². The highest BCUT2D eigenvalue weighted by atomic mass is 32.1. The fourth-order valence-electron chi connectivity index (χ4n) is 3.71. The minimum atomic E-state index is -0.298. The number of ether oxygens (including phenoxy) is 1. The summed E-state index contributed by atoms with van der Waals surface area (Å²) in [5.41, 5.74) is 0.733. The van der Waals surface area contributed by atoms with Gasteiger partial charge in [-0.1, -0.05) is 30.3 Å². The molecule has 164 valence electrons. The summed E-state index contributed by atoms with van der Waals surface area (Å²) in [6.45, 7) is 0.527. The second-order valence-corrected chi connectivity index (χ2v) is 8.59. The smallest absolute Gasteiger partial charge is 0.265 e. The van der Waals surface area contributed by atoms with Gasteiger partial charge in [-0.3, -0.25) is 9.79 Å². The zero-order chi connectivity index (χ0) is 22.7. The Morgan fingerprint density at radius 2 is 1.91 bits per heavy atom. The van der Waals surface area contributed by atoms with E-state index in [0.717, 1.165) is 0 Å². The van der Waals surface area contributed by atoms with E-state index in [0.29, 0.717) is 34.3 Å². The minimum Gasteiger partial charge on any atom is -0.497 e. The molecule has 2 aromatic carbocycles. The van der Waals surface area contributed by atoms with E-state index in [9.17, 15) is 9.90 Å². The van der Waals surface area contributed by atoms with E-state index >= 15 is 0 Å². The first kappa shape index (κ1) is 21.8. The molecule has 0 saturated carbocycles. The van der Waals surface area contributed by atoms with E-state index in [1.165, 1.54) is 9.44 Å². The van der Waals surface area contributed by atoms with E-state index in [1.54, 1.807) is 55.0 Å². The molecule has 0 aliphatic rings. The Morgan fingerprint density at radius 1 is 1.12 bits per heavy atom. The first-order valence-corrected chi connectivity index (χ1v) is 11.1.